The van der Waals surface area contributed by atoms with Crippen LogP contribution in [-0.4, -0.2) is 33.7 Å². The number of nitrogens with two attached hydrogens (primary N) is 1. The first kappa shape index (κ1) is 11.5. The maximum atomic E-state index is 12.2. The highest BCUT2D eigenvalue weighted by atomic mass is 32.2. The van der Waals surface area contributed by atoms with E-state index in [2.05, 4.69) is 0 Å². The van der Waals surface area contributed by atoms with Gasteiger partial charge in [-0.2, -0.15) is 4.31 Å². The molecular weight excluding hydrogens is 223 g/mol. The SMILES string of the molecule is [B]c1ccc(N)cc1S(=O)(=O)N1CCCC1. The Morgan fingerprint density at radius 3 is 2.50 bits per heavy atom. The molecule has 16 heavy (non-hydrogen) atoms. The Balaban J connectivity index is 2.46. The second-order valence-corrected chi connectivity index (χ2v) is 5.81. The summed E-state index contributed by atoms with van der Waals surface area (Å²) in [5, 5.41) is 0. The van der Waals surface area contributed by atoms with Crippen molar-refractivity contribution < 1.29 is 8.42 Å². The predicted octanol–water partition coefficient (Wildman–Crippen LogP) is -0.153. The quantitative estimate of drug-likeness (QED) is 0.573. The maximum absolute atomic E-state index is 12.2. The summed E-state index contributed by atoms with van der Waals surface area (Å²) in [4.78, 5) is 0.120. The summed E-state index contributed by atoms with van der Waals surface area (Å²) in [5.74, 6) is 0. The van der Waals surface area contributed by atoms with E-state index in [9.17, 15) is 8.42 Å². The monoisotopic (exact) mass is 236 g/mol. The molecule has 0 saturated carbocycles. The third-order valence-corrected chi connectivity index (χ3v) is 4.67. The van der Waals surface area contributed by atoms with Crippen molar-refractivity contribution in [2.45, 2.75) is 17.7 Å². The largest absolute Gasteiger partial charge is 0.399 e. The number of benzene rings is 1. The first-order valence-corrected chi connectivity index (χ1v) is 6.61. The molecule has 0 bridgehead atoms. The summed E-state index contributed by atoms with van der Waals surface area (Å²) in [5.41, 5.74) is 6.24. The molecule has 1 aliphatic rings. The van der Waals surface area contributed by atoms with Crippen LogP contribution in [0.25, 0.3) is 0 Å². The zero-order chi connectivity index (χ0) is 11.8. The third kappa shape index (κ3) is 1.95. The number of nitrogen functional groups attached to an aromatic ring is 1. The Labute approximate surface area is 96.9 Å². The van der Waals surface area contributed by atoms with Crippen molar-refractivity contribution in [2.24, 2.45) is 0 Å². The third-order valence-electron chi connectivity index (χ3n) is 2.72. The number of sulfonamides is 1. The average Bonchev–Trinajstić information content (AvgIpc) is 2.75. The lowest BCUT2D eigenvalue weighted by molar-refractivity contribution is 0.478. The molecular formula is C10H13BN2O2S. The molecule has 0 aromatic heterocycles. The highest BCUT2D eigenvalue weighted by Gasteiger charge is 2.28. The Kier molecular flexibility index (Phi) is 2.94. The Hall–Kier alpha value is -1.01. The summed E-state index contributed by atoms with van der Waals surface area (Å²) in [6, 6.07) is 4.54. The van der Waals surface area contributed by atoms with Crippen LogP contribution >= 0.6 is 0 Å². The van der Waals surface area contributed by atoms with Crippen molar-refractivity contribution >= 4 is 29.0 Å². The highest BCUT2D eigenvalue weighted by molar-refractivity contribution is 7.89. The van der Waals surface area contributed by atoms with E-state index in [1.54, 1.807) is 6.07 Å². The summed E-state index contributed by atoms with van der Waals surface area (Å²) in [6.07, 6.45) is 1.81. The number of hydrogen-bond donors (Lipinski definition) is 1. The normalized spacial score (nSPS) is 17.8. The van der Waals surface area contributed by atoms with E-state index in [1.165, 1.54) is 16.4 Å². The second-order valence-electron chi connectivity index (χ2n) is 3.91. The molecule has 0 atom stereocenters. The molecule has 84 valence electrons. The minimum Gasteiger partial charge on any atom is -0.399 e. The summed E-state index contributed by atoms with van der Waals surface area (Å²) < 4.78 is 25.9. The van der Waals surface area contributed by atoms with Gasteiger partial charge in [0.05, 0.1) is 4.90 Å². The Morgan fingerprint density at radius 2 is 1.88 bits per heavy atom. The Bertz CT molecular complexity index is 496. The van der Waals surface area contributed by atoms with Gasteiger partial charge in [-0.3, -0.25) is 0 Å². The summed E-state index contributed by atoms with van der Waals surface area (Å²) >= 11 is 0. The molecule has 0 aliphatic carbocycles. The molecule has 1 aliphatic heterocycles. The van der Waals surface area contributed by atoms with E-state index in [0.29, 0.717) is 18.8 Å². The first-order valence-electron chi connectivity index (χ1n) is 5.17. The molecule has 2 N–H and O–H groups in total. The van der Waals surface area contributed by atoms with Crippen LogP contribution in [0, 0.1) is 0 Å². The molecule has 1 aromatic carbocycles. The van der Waals surface area contributed by atoms with E-state index in [1.807, 2.05) is 0 Å². The zero-order valence-electron chi connectivity index (χ0n) is 8.89. The van der Waals surface area contributed by atoms with E-state index in [4.69, 9.17) is 13.6 Å². The fourth-order valence-electron chi connectivity index (χ4n) is 1.84. The van der Waals surface area contributed by atoms with Gasteiger partial charge in [-0.15, -0.1) is 0 Å². The van der Waals surface area contributed by atoms with Crippen LogP contribution in [0.1, 0.15) is 12.8 Å². The standard InChI is InChI=1S/C10H13BN2O2S/c11-9-4-3-8(12)7-10(9)16(14,15)13-5-1-2-6-13/h3-4,7H,1-2,5-6,12H2. The molecule has 1 saturated heterocycles. The molecule has 1 fully saturated rings. The van der Waals surface area contributed by atoms with Gasteiger partial charge in [0.1, 0.15) is 7.85 Å². The van der Waals surface area contributed by atoms with Crippen molar-refractivity contribution in [3.05, 3.63) is 18.2 Å². The topological polar surface area (TPSA) is 63.4 Å². The summed E-state index contributed by atoms with van der Waals surface area (Å²) in [6.45, 7) is 1.13. The van der Waals surface area contributed by atoms with Gasteiger partial charge in [0, 0.05) is 18.8 Å². The van der Waals surface area contributed by atoms with E-state index < -0.39 is 10.0 Å². The van der Waals surface area contributed by atoms with Crippen LogP contribution in [0.15, 0.2) is 23.1 Å². The number of hydrogen-bond acceptors (Lipinski definition) is 3. The van der Waals surface area contributed by atoms with Crippen LogP contribution in [0.4, 0.5) is 5.69 Å². The summed E-state index contributed by atoms with van der Waals surface area (Å²) in [7, 11) is 2.22. The number of nitrogens with zero attached hydrogens (tertiary/aromatic N) is 1. The van der Waals surface area contributed by atoms with Gasteiger partial charge in [0.2, 0.25) is 10.0 Å². The molecule has 2 rings (SSSR count). The van der Waals surface area contributed by atoms with Crippen molar-refractivity contribution in [2.75, 3.05) is 18.8 Å². The van der Waals surface area contributed by atoms with Crippen molar-refractivity contribution in [1.82, 2.24) is 4.31 Å². The van der Waals surface area contributed by atoms with Gasteiger partial charge in [0.15, 0.2) is 0 Å². The van der Waals surface area contributed by atoms with Gasteiger partial charge in [-0.1, -0.05) is 11.5 Å². The number of rotatable bonds is 2. The average molecular weight is 236 g/mol. The second kappa shape index (κ2) is 4.10. The van der Waals surface area contributed by atoms with Gasteiger partial charge in [-0.05, 0) is 25.0 Å². The van der Waals surface area contributed by atoms with E-state index in [-0.39, 0.29) is 10.4 Å². The lowest BCUT2D eigenvalue weighted by Gasteiger charge is -2.17. The number of anilines is 1. The van der Waals surface area contributed by atoms with Crippen LogP contribution in [-0.2, 0) is 10.0 Å². The smallest absolute Gasteiger partial charge is 0.242 e. The minimum absolute atomic E-state index is 0.120. The molecule has 1 aromatic rings. The van der Waals surface area contributed by atoms with Crippen LogP contribution in [0.5, 0.6) is 0 Å². The molecule has 2 radical (unpaired) electrons. The van der Waals surface area contributed by atoms with Gasteiger partial charge < -0.3 is 5.73 Å². The van der Waals surface area contributed by atoms with Crippen LogP contribution in [0.3, 0.4) is 0 Å². The molecule has 0 amide bonds. The lowest BCUT2D eigenvalue weighted by atomic mass is 9.96. The van der Waals surface area contributed by atoms with Crippen molar-refractivity contribution in [1.29, 1.82) is 0 Å². The van der Waals surface area contributed by atoms with Crippen LogP contribution < -0.4 is 11.2 Å². The van der Waals surface area contributed by atoms with Crippen LogP contribution in [0.2, 0.25) is 0 Å². The first-order chi connectivity index (χ1) is 7.51. The molecule has 0 spiro atoms. The minimum atomic E-state index is -3.46. The van der Waals surface area contributed by atoms with Crippen molar-refractivity contribution in [3.63, 3.8) is 0 Å². The molecule has 1 heterocycles. The predicted molar refractivity (Wildman–Crippen MR) is 64.2 cm³/mol. The fraction of sp³-hybridized carbons (Fsp3) is 0.400. The zero-order valence-corrected chi connectivity index (χ0v) is 9.70. The van der Waals surface area contributed by atoms with E-state index >= 15 is 0 Å². The molecule has 4 nitrogen and oxygen atoms in total. The fourth-order valence-corrected chi connectivity index (χ4v) is 3.51. The van der Waals surface area contributed by atoms with Gasteiger partial charge in [0.25, 0.3) is 0 Å². The van der Waals surface area contributed by atoms with E-state index in [0.717, 1.165) is 12.8 Å². The van der Waals surface area contributed by atoms with Crippen molar-refractivity contribution in [3.8, 4) is 0 Å². The highest BCUT2D eigenvalue weighted by Crippen LogP contribution is 2.20. The molecule has 0 unspecified atom stereocenters. The van der Waals surface area contributed by atoms with Gasteiger partial charge >= 0.3 is 0 Å². The maximum Gasteiger partial charge on any atom is 0.242 e. The van der Waals surface area contributed by atoms with Gasteiger partial charge in [-0.25, -0.2) is 8.42 Å². The lowest BCUT2D eigenvalue weighted by Crippen LogP contribution is -2.31. The molecule has 6 heteroatoms. The Morgan fingerprint density at radius 1 is 1.25 bits per heavy atom.